The van der Waals surface area contributed by atoms with Crippen LogP contribution in [0.15, 0.2) is 89.1 Å². The Hall–Kier alpha value is -3.20. The largest absolute Gasteiger partial charge is 0.497 e. The van der Waals surface area contributed by atoms with Crippen LogP contribution in [0.4, 0.5) is 5.00 Å². The second kappa shape index (κ2) is 8.38. The molecule has 0 atom stereocenters. The number of hydrogen-bond donors (Lipinski definition) is 1. The number of aromatic nitrogens is 1. The first-order valence-corrected chi connectivity index (χ1v) is 12.9. The van der Waals surface area contributed by atoms with Crippen LogP contribution < -0.4 is 9.46 Å². The predicted molar refractivity (Wildman–Crippen MR) is 132 cm³/mol. The van der Waals surface area contributed by atoms with Crippen molar-refractivity contribution in [2.75, 3.05) is 11.8 Å². The molecule has 0 fully saturated rings. The summed E-state index contributed by atoms with van der Waals surface area (Å²) in [5, 5.41) is 3.21. The molecule has 0 saturated carbocycles. The summed E-state index contributed by atoms with van der Waals surface area (Å²) in [5.74, 6) is 0.749. The van der Waals surface area contributed by atoms with Gasteiger partial charge in [0, 0.05) is 5.56 Å². The van der Waals surface area contributed by atoms with Crippen molar-refractivity contribution < 1.29 is 13.2 Å². The highest BCUT2D eigenvalue weighted by molar-refractivity contribution is 7.93. The average Bonchev–Trinajstić information content (AvgIpc) is 3.45. The summed E-state index contributed by atoms with van der Waals surface area (Å²) in [4.78, 5) is 4.87. The topological polar surface area (TPSA) is 68.3 Å². The number of para-hydroxylation sites is 1. The molecular weight excluding hydrogens is 460 g/mol. The third-order valence-electron chi connectivity index (χ3n) is 4.98. The van der Waals surface area contributed by atoms with E-state index in [1.54, 1.807) is 36.6 Å². The summed E-state index contributed by atoms with van der Waals surface area (Å²) in [6.45, 7) is 0. The highest BCUT2D eigenvalue weighted by Crippen LogP contribution is 2.38. The number of methoxy groups -OCH3 is 1. The van der Waals surface area contributed by atoms with Crippen molar-refractivity contribution in [2.24, 2.45) is 0 Å². The van der Waals surface area contributed by atoms with Gasteiger partial charge in [0.25, 0.3) is 10.0 Å². The van der Waals surface area contributed by atoms with Gasteiger partial charge in [-0.25, -0.2) is 13.4 Å². The summed E-state index contributed by atoms with van der Waals surface area (Å²) in [6.07, 6.45) is 0. The summed E-state index contributed by atoms with van der Waals surface area (Å²) in [7, 11) is -2.16. The Labute approximate surface area is 194 Å². The van der Waals surface area contributed by atoms with E-state index in [2.05, 4.69) is 9.71 Å². The summed E-state index contributed by atoms with van der Waals surface area (Å²) < 4.78 is 35.4. The van der Waals surface area contributed by atoms with Crippen LogP contribution in [-0.2, 0) is 10.0 Å². The maximum atomic E-state index is 13.2. The van der Waals surface area contributed by atoms with Crippen molar-refractivity contribution in [1.82, 2.24) is 4.98 Å². The number of ether oxygens (including phenoxy) is 1. The Kier molecular flexibility index (Phi) is 5.42. The Bertz CT molecular complexity index is 1470. The third-order valence-corrected chi connectivity index (χ3v) is 8.36. The van der Waals surface area contributed by atoms with Crippen LogP contribution in [0.1, 0.15) is 0 Å². The van der Waals surface area contributed by atoms with Crippen LogP contribution in [-0.4, -0.2) is 20.5 Å². The van der Waals surface area contributed by atoms with Crippen LogP contribution in [0.5, 0.6) is 5.75 Å². The first-order chi connectivity index (χ1) is 15.5. The number of anilines is 1. The van der Waals surface area contributed by atoms with Gasteiger partial charge in [-0.1, -0.05) is 36.4 Å². The molecule has 0 saturated heterocycles. The molecule has 0 aliphatic heterocycles. The molecule has 5 nitrogen and oxygen atoms in total. The van der Waals surface area contributed by atoms with Crippen molar-refractivity contribution in [1.29, 1.82) is 0 Å². The first kappa shape index (κ1) is 20.7. The zero-order valence-electron chi connectivity index (χ0n) is 17.0. The molecule has 0 aliphatic carbocycles. The molecule has 160 valence electrons. The Morgan fingerprint density at radius 2 is 1.72 bits per heavy atom. The molecule has 0 bridgehead atoms. The van der Waals surface area contributed by atoms with Gasteiger partial charge < -0.3 is 4.74 Å². The SMILES string of the molecule is COc1ccc(-c2cccc(S(=O)(=O)Nc3sccc3-c3nc4ccccc4s3)c2)cc1. The minimum Gasteiger partial charge on any atom is -0.497 e. The number of fused-ring (bicyclic) bond motifs is 1. The van der Waals surface area contributed by atoms with Gasteiger partial charge in [-0.05, 0) is 59.0 Å². The molecule has 8 heteroatoms. The van der Waals surface area contributed by atoms with Crippen LogP contribution in [0, 0.1) is 0 Å². The summed E-state index contributed by atoms with van der Waals surface area (Å²) in [6, 6.07) is 24.2. The molecule has 0 amide bonds. The van der Waals surface area contributed by atoms with Gasteiger partial charge in [0.1, 0.15) is 15.8 Å². The fourth-order valence-electron chi connectivity index (χ4n) is 3.35. The van der Waals surface area contributed by atoms with E-state index in [-0.39, 0.29) is 4.90 Å². The van der Waals surface area contributed by atoms with Gasteiger partial charge in [-0.2, -0.15) is 0 Å². The normalized spacial score (nSPS) is 11.5. The molecule has 0 unspecified atom stereocenters. The van der Waals surface area contributed by atoms with E-state index in [4.69, 9.17) is 4.74 Å². The van der Waals surface area contributed by atoms with Crippen LogP contribution in [0.25, 0.3) is 31.9 Å². The molecule has 32 heavy (non-hydrogen) atoms. The lowest BCUT2D eigenvalue weighted by molar-refractivity contribution is 0.415. The Morgan fingerprint density at radius 1 is 0.906 bits per heavy atom. The van der Waals surface area contributed by atoms with E-state index in [9.17, 15) is 8.42 Å². The van der Waals surface area contributed by atoms with E-state index < -0.39 is 10.0 Å². The van der Waals surface area contributed by atoms with Gasteiger partial charge in [0.05, 0.1) is 22.2 Å². The number of nitrogens with one attached hydrogen (secondary N) is 1. The summed E-state index contributed by atoms with van der Waals surface area (Å²) >= 11 is 2.89. The molecule has 0 radical (unpaired) electrons. The van der Waals surface area contributed by atoms with Crippen molar-refractivity contribution in [3.8, 4) is 27.4 Å². The maximum absolute atomic E-state index is 13.2. The van der Waals surface area contributed by atoms with Crippen molar-refractivity contribution in [2.45, 2.75) is 4.90 Å². The third kappa shape index (κ3) is 4.00. The smallest absolute Gasteiger partial charge is 0.262 e. The number of thiophene rings is 1. The van der Waals surface area contributed by atoms with E-state index >= 15 is 0 Å². The lowest BCUT2D eigenvalue weighted by atomic mass is 10.1. The molecule has 1 N–H and O–H groups in total. The number of benzene rings is 3. The van der Waals surface area contributed by atoms with E-state index in [0.29, 0.717) is 5.00 Å². The number of thiazole rings is 1. The Balaban J connectivity index is 1.46. The maximum Gasteiger partial charge on any atom is 0.262 e. The van der Waals surface area contributed by atoms with Crippen LogP contribution >= 0.6 is 22.7 Å². The van der Waals surface area contributed by atoms with Gasteiger partial charge in [-0.3, -0.25) is 4.72 Å². The quantitative estimate of drug-likeness (QED) is 0.302. The lowest BCUT2D eigenvalue weighted by Gasteiger charge is -2.10. The Morgan fingerprint density at radius 3 is 2.50 bits per heavy atom. The van der Waals surface area contributed by atoms with E-state index in [1.807, 2.05) is 66.0 Å². The first-order valence-electron chi connectivity index (χ1n) is 9.74. The van der Waals surface area contributed by atoms with E-state index in [0.717, 1.165) is 37.7 Å². The predicted octanol–water partition coefficient (Wildman–Crippen LogP) is 6.50. The molecule has 2 aromatic heterocycles. The number of sulfonamides is 1. The minimum atomic E-state index is -3.77. The van der Waals surface area contributed by atoms with Gasteiger partial charge in [0.15, 0.2) is 0 Å². The average molecular weight is 479 g/mol. The van der Waals surface area contributed by atoms with Crippen LogP contribution in [0.3, 0.4) is 0 Å². The lowest BCUT2D eigenvalue weighted by Crippen LogP contribution is -2.12. The molecule has 2 heterocycles. The van der Waals surface area contributed by atoms with Crippen molar-refractivity contribution >= 4 is 47.9 Å². The fraction of sp³-hybridized carbons (Fsp3) is 0.0417. The van der Waals surface area contributed by atoms with Gasteiger partial charge in [-0.15, -0.1) is 22.7 Å². The monoisotopic (exact) mass is 478 g/mol. The molecule has 5 rings (SSSR count). The highest BCUT2D eigenvalue weighted by atomic mass is 32.2. The number of hydrogen-bond acceptors (Lipinski definition) is 6. The second-order valence-electron chi connectivity index (χ2n) is 7.01. The number of rotatable bonds is 6. The fourth-order valence-corrected chi connectivity index (χ4v) is 6.58. The molecule has 0 spiro atoms. The second-order valence-corrected chi connectivity index (χ2v) is 10.6. The standard InChI is InChI=1S/C24H18N2O3S3/c1-29-18-11-9-16(10-12-18)17-5-4-6-19(15-17)32(27,28)26-24-20(13-14-30-24)23-25-21-7-2-3-8-22(21)31-23/h2-15,26H,1H3. The zero-order valence-corrected chi connectivity index (χ0v) is 19.4. The molecular formula is C24H18N2O3S3. The highest BCUT2D eigenvalue weighted by Gasteiger charge is 2.20. The van der Waals surface area contributed by atoms with Gasteiger partial charge in [0.2, 0.25) is 0 Å². The minimum absolute atomic E-state index is 0.203. The number of nitrogens with zero attached hydrogens (tertiary/aromatic N) is 1. The van der Waals surface area contributed by atoms with Crippen molar-refractivity contribution in [3.63, 3.8) is 0 Å². The van der Waals surface area contributed by atoms with Crippen LogP contribution in [0.2, 0.25) is 0 Å². The molecule has 0 aliphatic rings. The molecule has 5 aromatic rings. The summed E-state index contributed by atoms with van der Waals surface area (Å²) in [5.41, 5.74) is 3.41. The van der Waals surface area contributed by atoms with E-state index in [1.165, 1.54) is 11.3 Å². The molecule has 3 aromatic carbocycles. The van der Waals surface area contributed by atoms with Gasteiger partial charge >= 0.3 is 0 Å². The van der Waals surface area contributed by atoms with Crippen molar-refractivity contribution in [3.05, 3.63) is 84.2 Å². The zero-order chi connectivity index (χ0) is 22.1.